The standard InChI is InChI=1S/C21H26O6/c1-5-13(2)18(19(24)25)21(26)16-8-7-14(27-10-6-9-22)11-15(16)17(23)12-20(21,3)4/h5,7-8,11,22,26H,1,6,9-10,12H2,2-4H3,(H,24,25)/t21-/m0/s1. The van der Waals surface area contributed by atoms with E-state index in [-0.39, 0.29) is 42.1 Å². The van der Waals surface area contributed by atoms with Crippen LogP contribution in [0.15, 0.2) is 42.0 Å². The van der Waals surface area contributed by atoms with Crippen molar-refractivity contribution >= 4 is 11.8 Å². The number of ether oxygens (including phenoxy) is 1. The third kappa shape index (κ3) is 3.55. The lowest BCUT2D eigenvalue weighted by atomic mass is 9.59. The molecule has 0 radical (unpaired) electrons. The van der Waals surface area contributed by atoms with E-state index in [1.165, 1.54) is 12.1 Å². The summed E-state index contributed by atoms with van der Waals surface area (Å²) in [6.07, 6.45) is 1.82. The number of carbonyl (C=O) groups excluding carboxylic acids is 1. The van der Waals surface area contributed by atoms with E-state index >= 15 is 0 Å². The number of aliphatic carboxylic acids is 1. The van der Waals surface area contributed by atoms with Gasteiger partial charge in [-0.3, -0.25) is 4.79 Å². The molecule has 0 heterocycles. The van der Waals surface area contributed by atoms with Crippen LogP contribution in [0.5, 0.6) is 5.75 Å². The minimum absolute atomic E-state index is 0.00852. The first kappa shape index (κ1) is 20.9. The Labute approximate surface area is 158 Å². The number of aliphatic hydroxyl groups excluding tert-OH is 1. The van der Waals surface area contributed by atoms with Gasteiger partial charge in [-0.1, -0.05) is 32.6 Å². The largest absolute Gasteiger partial charge is 0.493 e. The number of ketones is 1. The molecular formula is C21H26O6. The molecule has 6 heteroatoms. The number of carboxylic acids is 1. The molecule has 1 aromatic rings. The van der Waals surface area contributed by atoms with Crippen molar-refractivity contribution in [1.29, 1.82) is 0 Å². The molecule has 1 aliphatic rings. The fourth-order valence-electron chi connectivity index (χ4n) is 3.59. The number of aliphatic hydroxyl groups is 2. The van der Waals surface area contributed by atoms with Crippen LogP contribution < -0.4 is 4.74 Å². The highest BCUT2D eigenvalue weighted by molar-refractivity contribution is 6.02. The van der Waals surface area contributed by atoms with Crippen LogP contribution in [0.2, 0.25) is 0 Å². The maximum absolute atomic E-state index is 12.7. The summed E-state index contributed by atoms with van der Waals surface area (Å²) in [4.78, 5) is 24.7. The molecule has 0 amide bonds. The van der Waals surface area contributed by atoms with Crippen molar-refractivity contribution in [2.24, 2.45) is 5.41 Å². The van der Waals surface area contributed by atoms with Crippen molar-refractivity contribution in [2.75, 3.05) is 13.2 Å². The first-order chi connectivity index (χ1) is 12.6. The Hall–Kier alpha value is -2.44. The molecule has 1 aromatic carbocycles. The summed E-state index contributed by atoms with van der Waals surface area (Å²) >= 11 is 0. The highest BCUT2D eigenvalue weighted by atomic mass is 16.5. The number of Topliss-reactive ketones (excluding diaryl/α,β-unsaturated/α-hetero) is 1. The third-order valence-electron chi connectivity index (χ3n) is 5.11. The zero-order chi connectivity index (χ0) is 20.4. The smallest absolute Gasteiger partial charge is 0.335 e. The van der Waals surface area contributed by atoms with Crippen molar-refractivity contribution < 1.29 is 29.6 Å². The second kappa shape index (κ2) is 7.66. The Bertz CT molecular complexity index is 805. The predicted molar refractivity (Wildman–Crippen MR) is 101 cm³/mol. The molecule has 1 aliphatic carbocycles. The van der Waals surface area contributed by atoms with Gasteiger partial charge >= 0.3 is 5.97 Å². The van der Waals surface area contributed by atoms with Crippen molar-refractivity contribution in [3.05, 3.63) is 53.1 Å². The Balaban J connectivity index is 2.69. The fourth-order valence-corrected chi connectivity index (χ4v) is 3.59. The molecule has 0 aliphatic heterocycles. The van der Waals surface area contributed by atoms with E-state index in [4.69, 9.17) is 9.84 Å². The second-order valence-electron chi connectivity index (χ2n) is 7.39. The number of hydrogen-bond acceptors (Lipinski definition) is 5. The van der Waals surface area contributed by atoms with Crippen LogP contribution in [0.1, 0.15) is 49.5 Å². The highest BCUT2D eigenvalue weighted by Crippen LogP contribution is 2.53. The number of allylic oxidation sites excluding steroid dienone is 2. The van der Waals surface area contributed by atoms with E-state index in [1.807, 2.05) is 0 Å². The van der Waals surface area contributed by atoms with E-state index in [2.05, 4.69) is 6.58 Å². The van der Waals surface area contributed by atoms with Gasteiger partial charge in [-0.05, 0) is 30.2 Å². The lowest BCUT2D eigenvalue weighted by Crippen LogP contribution is -2.51. The van der Waals surface area contributed by atoms with Gasteiger partial charge in [0.25, 0.3) is 0 Å². The monoisotopic (exact) mass is 374 g/mol. The molecule has 0 unspecified atom stereocenters. The topological polar surface area (TPSA) is 104 Å². The SMILES string of the molecule is C=CC(C)=C(C(=O)O)[C@@]1(O)c2ccc(OCCCO)cc2C(=O)CC1(C)C. The van der Waals surface area contributed by atoms with Gasteiger partial charge in [0.15, 0.2) is 5.78 Å². The molecule has 0 saturated carbocycles. The van der Waals surface area contributed by atoms with Gasteiger partial charge in [-0.2, -0.15) is 0 Å². The van der Waals surface area contributed by atoms with Gasteiger partial charge in [-0.25, -0.2) is 4.79 Å². The second-order valence-corrected chi connectivity index (χ2v) is 7.39. The Morgan fingerprint density at radius 2 is 2.04 bits per heavy atom. The maximum Gasteiger partial charge on any atom is 0.335 e. The van der Waals surface area contributed by atoms with Crippen LogP contribution in [0.3, 0.4) is 0 Å². The van der Waals surface area contributed by atoms with Crippen LogP contribution >= 0.6 is 0 Å². The maximum atomic E-state index is 12.7. The molecule has 0 bridgehead atoms. The zero-order valence-electron chi connectivity index (χ0n) is 15.9. The molecule has 0 spiro atoms. The van der Waals surface area contributed by atoms with Gasteiger partial charge in [0.05, 0.1) is 12.2 Å². The summed E-state index contributed by atoms with van der Waals surface area (Å²) in [7, 11) is 0. The van der Waals surface area contributed by atoms with Gasteiger partial charge in [0.2, 0.25) is 0 Å². The lowest BCUT2D eigenvalue weighted by Gasteiger charge is -2.47. The first-order valence-electron chi connectivity index (χ1n) is 8.81. The highest BCUT2D eigenvalue weighted by Gasteiger charge is 2.55. The van der Waals surface area contributed by atoms with Crippen LogP contribution in [-0.4, -0.2) is 40.3 Å². The number of hydrogen-bond donors (Lipinski definition) is 3. The molecule has 0 fully saturated rings. The Kier molecular flexibility index (Phi) is 5.92. The van der Waals surface area contributed by atoms with E-state index in [9.17, 15) is 19.8 Å². The van der Waals surface area contributed by atoms with E-state index in [0.29, 0.717) is 17.7 Å². The van der Waals surface area contributed by atoms with Crippen molar-refractivity contribution in [1.82, 2.24) is 0 Å². The summed E-state index contributed by atoms with van der Waals surface area (Å²) in [6, 6.07) is 4.66. The van der Waals surface area contributed by atoms with Crippen molar-refractivity contribution in [2.45, 2.75) is 39.2 Å². The predicted octanol–water partition coefficient (Wildman–Crippen LogP) is 2.84. The van der Waals surface area contributed by atoms with Gasteiger partial charge in [-0.15, -0.1) is 0 Å². The van der Waals surface area contributed by atoms with Gasteiger partial charge < -0.3 is 20.1 Å². The third-order valence-corrected chi connectivity index (χ3v) is 5.11. The summed E-state index contributed by atoms with van der Waals surface area (Å²) in [6.45, 7) is 8.84. The van der Waals surface area contributed by atoms with Crippen LogP contribution in [-0.2, 0) is 10.4 Å². The number of carboxylic acid groups (broad SMARTS) is 1. The first-order valence-corrected chi connectivity index (χ1v) is 8.81. The number of carbonyl (C=O) groups is 2. The van der Waals surface area contributed by atoms with Crippen LogP contribution in [0, 0.1) is 5.41 Å². The quantitative estimate of drug-likeness (QED) is 0.385. The van der Waals surface area contributed by atoms with E-state index in [1.54, 1.807) is 32.9 Å². The molecule has 0 saturated heterocycles. The molecule has 27 heavy (non-hydrogen) atoms. The molecule has 146 valence electrons. The normalized spacial score (nSPS) is 21.9. The average molecular weight is 374 g/mol. The Morgan fingerprint density at radius 3 is 2.59 bits per heavy atom. The number of rotatable bonds is 7. The molecule has 1 atom stereocenters. The average Bonchev–Trinajstić information content (AvgIpc) is 2.59. The molecule has 6 nitrogen and oxygen atoms in total. The fraction of sp³-hybridized carbons (Fsp3) is 0.429. The van der Waals surface area contributed by atoms with E-state index < -0.39 is 17.0 Å². The van der Waals surface area contributed by atoms with Crippen molar-refractivity contribution in [3.8, 4) is 5.75 Å². The van der Waals surface area contributed by atoms with Gasteiger partial charge in [0.1, 0.15) is 11.4 Å². The summed E-state index contributed by atoms with van der Waals surface area (Å²) < 4.78 is 5.52. The van der Waals surface area contributed by atoms with Crippen LogP contribution in [0.4, 0.5) is 0 Å². The lowest BCUT2D eigenvalue weighted by molar-refractivity contribution is -0.139. The number of benzene rings is 1. The molecular weight excluding hydrogens is 348 g/mol. The minimum atomic E-state index is -1.87. The minimum Gasteiger partial charge on any atom is -0.493 e. The summed E-state index contributed by atoms with van der Waals surface area (Å²) in [5.74, 6) is -1.02. The molecule has 3 N–H and O–H groups in total. The molecule has 0 aromatic heterocycles. The number of fused-ring (bicyclic) bond motifs is 1. The Morgan fingerprint density at radius 1 is 1.37 bits per heavy atom. The summed E-state index contributed by atoms with van der Waals surface area (Å²) in [5.41, 5.74) is -2.27. The van der Waals surface area contributed by atoms with E-state index in [0.717, 1.165) is 0 Å². The van der Waals surface area contributed by atoms with Crippen molar-refractivity contribution in [3.63, 3.8) is 0 Å². The zero-order valence-corrected chi connectivity index (χ0v) is 15.9. The van der Waals surface area contributed by atoms with Gasteiger partial charge in [0, 0.05) is 30.4 Å². The molecule has 2 rings (SSSR count). The van der Waals surface area contributed by atoms with Crippen LogP contribution in [0.25, 0.3) is 0 Å². The summed E-state index contributed by atoms with van der Waals surface area (Å²) in [5, 5.41) is 30.4.